The van der Waals surface area contributed by atoms with Gasteiger partial charge < -0.3 is 19.7 Å². The number of anilines is 1. The summed E-state index contributed by atoms with van der Waals surface area (Å²) in [6, 6.07) is 6.52. The molecule has 4 rings (SSSR count). The summed E-state index contributed by atoms with van der Waals surface area (Å²) in [5, 5.41) is 3.24. The molecule has 2 aromatic rings. The highest BCUT2D eigenvalue weighted by atomic mass is 16.2. The van der Waals surface area contributed by atoms with Gasteiger partial charge in [-0.25, -0.2) is 14.8 Å². The summed E-state index contributed by atoms with van der Waals surface area (Å²) in [6.45, 7) is 5.46. The molecule has 2 atom stereocenters. The number of aryl methyl sites for hydroxylation is 1. The van der Waals surface area contributed by atoms with Crippen LogP contribution in [0.1, 0.15) is 38.1 Å². The van der Waals surface area contributed by atoms with Gasteiger partial charge in [-0.3, -0.25) is 0 Å². The Morgan fingerprint density at radius 2 is 2.11 bits per heavy atom. The van der Waals surface area contributed by atoms with E-state index < -0.39 is 0 Å². The van der Waals surface area contributed by atoms with Gasteiger partial charge in [0, 0.05) is 57.2 Å². The molecule has 0 saturated carbocycles. The molecular weight excluding hydrogens is 340 g/mol. The molecule has 7 nitrogen and oxygen atoms in total. The van der Waals surface area contributed by atoms with Crippen LogP contribution in [0.15, 0.2) is 36.8 Å². The minimum Gasteiger partial charge on any atom is -0.354 e. The standard InChI is InChI=1S/C20H28N6O/c1-2-18-22-10-13-26(18)17-6-5-11-25(15-17)20(27)23-16-8-12-24(14-16)19-7-3-4-9-21-19/h3-4,7,9-10,13,16-17H,2,5-6,8,11-12,14-15H2,1H3,(H,23,27). The molecule has 2 aliphatic heterocycles. The summed E-state index contributed by atoms with van der Waals surface area (Å²) in [7, 11) is 0. The van der Waals surface area contributed by atoms with E-state index in [1.807, 2.05) is 41.7 Å². The van der Waals surface area contributed by atoms with Crippen LogP contribution in [0.2, 0.25) is 0 Å². The Morgan fingerprint density at radius 3 is 2.93 bits per heavy atom. The van der Waals surface area contributed by atoms with Crippen LogP contribution in [0.4, 0.5) is 10.6 Å². The van der Waals surface area contributed by atoms with Crippen molar-refractivity contribution in [1.82, 2.24) is 24.8 Å². The van der Waals surface area contributed by atoms with Crippen LogP contribution in [0.25, 0.3) is 0 Å². The van der Waals surface area contributed by atoms with Gasteiger partial charge in [-0.2, -0.15) is 0 Å². The van der Waals surface area contributed by atoms with Gasteiger partial charge in [-0.05, 0) is 31.4 Å². The van der Waals surface area contributed by atoms with Gasteiger partial charge in [0.05, 0.1) is 6.04 Å². The van der Waals surface area contributed by atoms with Gasteiger partial charge in [0.25, 0.3) is 0 Å². The van der Waals surface area contributed by atoms with Crippen LogP contribution in [0.3, 0.4) is 0 Å². The molecule has 1 N–H and O–H groups in total. The average Bonchev–Trinajstić information content (AvgIpc) is 3.38. The van der Waals surface area contributed by atoms with Crippen molar-refractivity contribution in [3.63, 3.8) is 0 Å². The SMILES string of the molecule is CCc1nccn1C1CCCN(C(=O)NC2CCN(c3ccccn3)C2)C1. The molecule has 0 spiro atoms. The van der Waals surface area contributed by atoms with E-state index in [0.29, 0.717) is 6.04 Å². The maximum Gasteiger partial charge on any atom is 0.317 e. The Hall–Kier alpha value is -2.57. The van der Waals surface area contributed by atoms with Crippen molar-refractivity contribution in [3.8, 4) is 0 Å². The Labute approximate surface area is 160 Å². The van der Waals surface area contributed by atoms with Crippen molar-refractivity contribution in [3.05, 3.63) is 42.6 Å². The minimum absolute atomic E-state index is 0.0609. The molecular formula is C20H28N6O. The molecule has 0 aliphatic carbocycles. The molecule has 0 aromatic carbocycles. The monoisotopic (exact) mass is 368 g/mol. The van der Waals surface area contributed by atoms with Crippen LogP contribution >= 0.6 is 0 Å². The molecule has 0 radical (unpaired) electrons. The number of carbonyl (C=O) groups is 1. The number of pyridine rings is 1. The van der Waals surface area contributed by atoms with Crippen LogP contribution in [0, 0.1) is 0 Å². The summed E-state index contributed by atoms with van der Waals surface area (Å²) in [6.07, 6.45) is 9.74. The number of imidazole rings is 1. The third kappa shape index (κ3) is 3.91. The van der Waals surface area contributed by atoms with E-state index in [1.165, 1.54) is 0 Å². The second-order valence-electron chi connectivity index (χ2n) is 7.42. The highest BCUT2D eigenvalue weighted by Gasteiger charge is 2.29. The Balaban J connectivity index is 1.33. The molecule has 144 valence electrons. The van der Waals surface area contributed by atoms with E-state index in [1.54, 1.807) is 0 Å². The van der Waals surface area contributed by atoms with Crippen LogP contribution in [0.5, 0.6) is 0 Å². The van der Waals surface area contributed by atoms with E-state index in [4.69, 9.17) is 0 Å². The van der Waals surface area contributed by atoms with Crippen molar-refractivity contribution < 1.29 is 4.79 Å². The first kappa shape index (κ1) is 17.8. The minimum atomic E-state index is 0.0609. The molecule has 0 bridgehead atoms. The Bertz CT molecular complexity index is 761. The lowest BCUT2D eigenvalue weighted by molar-refractivity contribution is 0.163. The fourth-order valence-electron chi connectivity index (χ4n) is 4.21. The zero-order valence-corrected chi connectivity index (χ0v) is 15.9. The lowest BCUT2D eigenvalue weighted by Gasteiger charge is -2.34. The molecule has 2 saturated heterocycles. The molecule has 27 heavy (non-hydrogen) atoms. The third-order valence-electron chi connectivity index (χ3n) is 5.63. The molecule has 2 amide bonds. The number of hydrogen-bond donors (Lipinski definition) is 1. The van der Waals surface area contributed by atoms with Gasteiger partial charge in [0.2, 0.25) is 0 Å². The number of likely N-dealkylation sites (tertiary alicyclic amines) is 1. The molecule has 2 fully saturated rings. The van der Waals surface area contributed by atoms with Crippen LogP contribution in [-0.2, 0) is 6.42 Å². The maximum atomic E-state index is 12.8. The molecule has 2 unspecified atom stereocenters. The molecule has 2 aromatic heterocycles. The average molecular weight is 368 g/mol. The normalized spacial score (nSPS) is 22.9. The van der Waals surface area contributed by atoms with Gasteiger partial charge in [0.1, 0.15) is 11.6 Å². The fourth-order valence-corrected chi connectivity index (χ4v) is 4.21. The van der Waals surface area contributed by atoms with E-state index in [2.05, 4.69) is 31.7 Å². The van der Waals surface area contributed by atoms with Gasteiger partial charge >= 0.3 is 6.03 Å². The molecule has 4 heterocycles. The lowest BCUT2D eigenvalue weighted by atomic mass is 10.1. The Kier molecular flexibility index (Phi) is 5.27. The van der Waals surface area contributed by atoms with Gasteiger partial charge in [-0.15, -0.1) is 0 Å². The predicted octanol–water partition coefficient (Wildman–Crippen LogP) is 2.47. The highest BCUT2D eigenvalue weighted by molar-refractivity contribution is 5.75. The maximum absolute atomic E-state index is 12.8. The number of hydrogen-bond acceptors (Lipinski definition) is 4. The topological polar surface area (TPSA) is 66.3 Å². The van der Waals surface area contributed by atoms with Crippen molar-refractivity contribution in [2.75, 3.05) is 31.1 Å². The number of urea groups is 1. The number of carbonyl (C=O) groups excluding carboxylic acids is 1. The number of amides is 2. The van der Waals surface area contributed by atoms with Crippen LogP contribution < -0.4 is 10.2 Å². The van der Waals surface area contributed by atoms with E-state index in [0.717, 1.165) is 63.5 Å². The first-order valence-corrected chi connectivity index (χ1v) is 9.97. The van der Waals surface area contributed by atoms with Crippen molar-refractivity contribution in [2.45, 2.75) is 44.7 Å². The summed E-state index contributed by atoms with van der Waals surface area (Å²) in [5.41, 5.74) is 0. The smallest absolute Gasteiger partial charge is 0.317 e. The van der Waals surface area contributed by atoms with Crippen molar-refractivity contribution in [2.24, 2.45) is 0 Å². The Morgan fingerprint density at radius 1 is 1.19 bits per heavy atom. The second kappa shape index (κ2) is 7.98. The number of piperidine rings is 1. The largest absolute Gasteiger partial charge is 0.354 e. The number of rotatable bonds is 4. The molecule has 2 aliphatic rings. The summed E-state index contributed by atoms with van der Waals surface area (Å²) < 4.78 is 2.25. The van der Waals surface area contributed by atoms with Gasteiger partial charge in [-0.1, -0.05) is 13.0 Å². The zero-order valence-electron chi connectivity index (χ0n) is 15.9. The van der Waals surface area contributed by atoms with E-state index in [9.17, 15) is 4.79 Å². The van der Waals surface area contributed by atoms with Gasteiger partial charge in [0.15, 0.2) is 0 Å². The zero-order chi connectivity index (χ0) is 18.6. The van der Waals surface area contributed by atoms with Crippen molar-refractivity contribution >= 4 is 11.8 Å². The first-order chi connectivity index (χ1) is 13.2. The van der Waals surface area contributed by atoms with Crippen molar-refractivity contribution in [1.29, 1.82) is 0 Å². The number of nitrogens with zero attached hydrogens (tertiary/aromatic N) is 5. The summed E-state index contributed by atoms with van der Waals surface area (Å²) >= 11 is 0. The van der Waals surface area contributed by atoms with E-state index >= 15 is 0 Å². The predicted molar refractivity (Wildman–Crippen MR) is 105 cm³/mol. The number of aromatic nitrogens is 3. The van der Waals surface area contributed by atoms with E-state index in [-0.39, 0.29) is 12.1 Å². The lowest BCUT2D eigenvalue weighted by Crippen LogP contribution is -2.49. The fraction of sp³-hybridized carbons (Fsp3) is 0.550. The quantitative estimate of drug-likeness (QED) is 0.900. The second-order valence-corrected chi connectivity index (χ2v) is 7.42. The van der Waals surface area contributed by atoms with Crippen LogP contribution in [-0.4, -0.2) is 57.7 Å². The summed E-state index contributed by atoms with van der Waals surface area (Å²) in [4.78, 5) is 25.9. The molecule has 7 heteroatoms. The highest BCUT2D eigenvalue weighted by Crippen LogP contribution is 2.24. The third-order valence-corrected chi connectivity index (χ3v) is 5.63. The summed E-state index contributed by atoms with van der Waals surface area (Å²) in [5.74, 6) is 2.09. The number of nitrogens with one attached hydrogen (secondary N) is 1. The first-order valence-electron chi connectivity index (χ1n) is 9.97.